The fraction of sp³-hybridized carbons (Fsp3) is 0.650. The maximum atomic E-state index is 12.9. The minimum absolute atomic E-state index is 0.0462. The first-order valence-corrected chi connectivity index (χ1v) is 9.83. The summed E-state index contributed by atoms with van der Waals surface area (Å²) in [5.74, 6) is -3.54. The summed E-state index contributed by atoms with van der Waals surface area (Å²) in [5, 5.41) is 13.1. The first-order valence-electron chi connectivity index (χ1n) is 9.83. The highest BCUT2D eigenvalue weighted by atomic mass is 19.3. The minimum atomic E-state index is -2.70. The topological polar surface area (TPSA) is 120 Å². The molecule has 1 aliphatic carbocycles. The van der Waals surface area contributed by atoms with Gasteiger partial charge in [-0.2, -0.15) is 0 Å². The lowest BCUT2D eigenvalue weighted by Gasteiger charge is -2.40. The number of nitrogens with zero attached hydrogens (tertiary/aromatic N) is 3. The quantitative estimate of drug-likeness (QED) is 0.658. The monoisotopic (exact) mass is 427 g/mol. The maximum Gasteiger partial charge on any atom is 0.354 e. The van der Waals surface area contributed by atoms with Crippen molar-refractivity contribution in [3.8, 4) is 5.88 Å². The second-order valence-electron chi connectivity index (χ2n) is 8.56. The molecule has 1 saturated heterocycles. The second-order valence-corrected chi connectivity index (χ2v) is 8.56. The Balaban J connectivity index is 0.000000274. The maximum absolute atomic E-state index is 12.9. The van der Waals surface area contributed by atoms with Crippen LogP contribution in [0.2, 0.25) is 0 Å². The average molecular weight is 427 g/mol. The van der Waals surface area contributed by atoms with Crippen molar-refractivity contribution in [1.82, 2.24) is 4.98 Å². The number of hydrogen-bond acceptors (Lipinski definition) is 5. The van der Waals surface area contributed by atoms with Crippen LogP contribution >= 0.6 is 0 Å². The summed E-state index contributed by atoms with van der Waals surface area (Å²) >= 11 is 0. The van der Waals surface area contributed by atoms with E-state index < -0.39 is 11.9 Å². The summed E-state index contributed by atoms with van der Waals surface area (Å²) in [7, 11) is 0. The largest absolute Gasteiger partial charge is 0.657 e. The van der Waals surface area contributed by atoms with Gasteiger partial charge in [-0.25, -0.2) is 18.6 Å². The number of amides is 1. The molecule has 2 heterocycles. The van der Waals surface area contributed by atoms with Crippen molar-refractivity contribution in [2.75, 3.05) is 31.1 Å². The molecule has 1 saturated carbocycles. The molecule has 10 heteroatoms. The summed E-state index contributed by atoms with van der Waals surface area (Å²) in [5.41, 5.74) is 5.16. The van der Waals surface area contributed by atoms with Crippen LogP contribution in [0.5, 0.6) is 5.88 Å². The van der Waals surface area contributed by atoms with Crippen LogP contribution in [0.15, 0.2) is 12.1 Å². The van der Waals surface area contributed by atoms with E-state index in [1.165, 1.54) is 17.0 Å². The molecule has 0 unspecified atom stereocenters. The fourth-order valence-electron chi connectivity index (χ4n) is 2.56. The van der Waals surface area contributed by atoms with Gasteiger partial charge in [0, 0.05) is 6.42 Å². The number of pyridine rings is 1. The molecule has 168 valence electrons. The van der Waals surface area contributed by atoms with Gasteiger partial charge in [-0.3, -0.25) is 4.79 Å². The molecular formula is C20H29F2N4O4-. The Morgan fingerprint density at radius 2 is 1.97 bits per heavy atom. The van der Waals surface area contributed by atoms with E-state index in [9.17, 15) is 18.4 Å². The number of carbonyl (C=O) groups is 2. The van der Waals surface area contributed by atoms with E-state index in [-0.39, 0.29) is 36.1 Å². The molecular weight excluding hydrogens is 398 g/mol. The van der Waals surface area contributed by atoms with Crippen LogP contribution in [0.25, 0.3) is 5.32 Å². The van der Waals surface area contributed by atoms with Crippen molar-refractivity contribution >= 4 is 17.6 Å². The molecule has 0 aromatic carbocycles. The van der Waals surface area contributed by atoms with E-state index in [1.54, 1.807) is 0 Å². The number of carboxylic acid groups (broad SMARTS) is 1. The third-order valence-corrected chi connectivity index (χ3v) is 4.34. The number of aromatic carboxylic acids is 1. The zero-order chi connectivity index (χ0) is 22.5. The highest BCUT2D eigenvalue weighted by Gasteiger charge is 2.45. The van der Waals surface area contributed by atoms with Gasteiger partial charge in [0.25, 0.3) is 5.92 Å². The highest BCUT2D eigenvalue weighted by molar-refractivity contribution is 5.86. The molecule has 30 heavy (non-hydrogen) atoms. The molecule has 1 aromatic heterocycles. The third kappa shape index (κ3) is 8.10. The number of rotatable bonds is 8. The zero-order valence-corrected chi connectivity index (χ0v) is 17.5. The van der Waals surface area contributed by atoms with Gasteiger partial charge in [-0.05, 0) is 30.9 Å². The Morgan fingerprint density at radius 3 is 2.43 bits per heavy atom. The Hall–Kier alpha value is -2.49. The predicted octanol–water partition coefficient (Wildman–Crippen LogP) is 3.06. The van der Waals surface area contributed by atoms with Crippen LogP contribution in [-0.4, -0.2) is 59.7 Å². The fourth-order valence-corrected chi connectivity index (χ4v) is 2.56. The first kappa shape index (κ1) is 23.8. The first-order chi connectivity index (χ1) is 13.9. The molecule has 1 aliphatic heterocycles. The summed E-state index contributed by atoms with van der Waals surface area (Å²) in [6, 6.07) is 2.78. The van der Waals surface area contributed by atoms with Crippen molar-refractivity contribution < 1.29 is 28.2 Å². The molecule has 3 rings (SSSR count). The van der Waals surface area contributed by atoms with E-state index in [0.29, 0.717) is 31.2 Å². The van der Waals surface area contributed by atoms with E-state index >= 15 is 0 Å². The van der Waals surface area contributed by atoms with Gasteiger partial charge in [-0.15, -0.1) is 12.1 Å². The van der Waals surface area contributed by atoms with Crippen molar-refractivity contribution in [3.05, 3.63) is 23.1 Å². The smallest absolute Gasteiger partial charge is 0.354 e. The Morgan fingerprint density at radius 1 is 1.33 bits per heavy atom. The SMILES string of the molecule is CC(C)(C)[N-]CCC(N)=O.O=C(O)c1ccc(N2CC(F)(F)C2)c(OCC2CC2)n1. The van der Waals surface area contributed by atoms with Gasteiger partial charge < -0.3 is 25.8 Å². The number of alkyl halides is 2. The van der Waals surface area contributed by atoms with E-state index in [2.05, 4.69) is 10.3 Å². The van der Waals surface area contributed by atoms with Crippen LogP contribution in [0.1, 0.15) is 50.5 Å². The number of hydrogen-bond donors (Lipinski definition) is 2. The zero-order valence-electron chi connectivity index (χ0n) is 17.5. The Labute approximate surface area is 174 Å². The van der Waals surface area contributed by atoms with Gasteiger partial charge in [0.05, 0.1) is 19.7 Å². The van der Waals surface area contributed by atoms with E-state index in [1.807, 2.05) is 20.8 Å². The molecule has 2 fully saturated rings. The molecule has 1 aromatic rings. The average Bonchev–Trinajstić information content (AvgIpc) is 3.41. The van der Waals surface area contributed by atoms with Gasteiger partial charge in [0.1, 0.15) is 5.69 Å². The van der Waals surface area contributed by atoms with Gasteiger partial charge >= 0.3 is 5.97 Å². The molecule has 0 spiro atoms. The summed E-state index contributed by atoms with van der Waals surface area (Å²) in [6.07, 6.45) is 2.52. The van der Waals surface area contributed by atoms with Crippen molar-refractivity contribution in [1.29, 1.82) is 0 Å². The number of carboxylic acids is 1. The standard InChI is InChI=1S/C13H14F2N2O3.C7H15N2O/c14-13(15)6-17(7-13)10-4-3-9(12(18)19)16-11(10)20-5-8-1-2-8;1-7(2,3)9-5-4-6(8)10/h3-4,8H,1-2,5-7H2,(H,18,19);4-5H2,1-3H3,(H2,8,10)/q;-1. The molecule has 8 nitrogen and oxygen atoms in total. The second kappa shape index (κ2) is 9.55. The molecule has 1 amide bonds. The Kier molecular flexibility index (Phi) is 7.57. The number of halogens is 2. The summed E-state index contributed by atoms with van der Waals surface area (Å²) < 4.78 is 31.4. The number of primary amides is 1. The summed E-state index contributed by atoms with van der Waals surface area (Å²) in [4.78, 5) is 26.5. The molecule has 0 radical (unpaired) electrons. The lowest BCUT2D eigenvalue weighted by Crippen LogP contribution is -2.56. The van der Waals surface area contributed by atoms with Crippen LogP contribution in [-0.2, 0) is 4.79 Å². The van der Waals surface area contributed by atoms with Crippen LogP contribution in [0.4, 0.5) is 14.5 Å². The minimum Gasteiger partial charge on any atom is -0.657 e. The lowest BCUT2D eigenvalue weighted by molar-refractivity contribution is -0.117. The van der Waals surface area contributed by atoms with Crippen LogP contribution < -0.4 is 15.4 Å². The number of anilines is 1. The van der Waals surface area contributed by atoms with Crippen LogP contribution in [0, 0.1) is 5.92 Å². The van der Waals surface area contributed by atoms with Gasteiger partial charge in [0.15, 0.2) is 5.69 Å². The predicted molar refractivity (Wildman–Crippen MR) is 108 cm³/mol. The van der Waals surface area contributed by atoms with Crippen molar-refractivity contribution in [2.45, 2.75) is 51.5 Å². The van der Waals surface area contributed by atoms with E-state index in [0.717, 1.165) is 12.8 Å². The van der Waals surface area contributed by atoms with Gasteiger partial charge in [-0.1, -0.05) is 20.8 Å². The van der Waals surface area contributed by atoms with Crippen molar-refractivity contribution in [3.63, 3.8) is 0 Å². The normalized spacial score (nSPS) is 17.4. The molecule has 0 bridgehead atoms. The number of nitrogens with two attached hydrogens (primary N) is 1. The molecule has 3 N–H and O–H groups in total. The van der Waals surface area contributed by atoms with Gasteiger partial charge in [0.2, 0.25) is 11.8 Å². The Bertz CT molecular complexity index is 756. The van der Waals surface area contributed by atoms with E-state index in [4.69, 9.17) is 15.6 Å². The number of aromatic nitrogens is 1. The lowest BCUT2D eigenvalue weighted by atomic mass is 10.1. The van der Waals surface area contributed by atoms with Crippen molar-refractivity contribution in [2.24, 2.45) is 11.7 Å². The number of ether oxygens (including phenoxy) is 1. The highest BCUT2D eigenvalue weighted by Crippen LogP contribution is 2.37. The molecule has 0 atom stereocenters. The third-order valence-electron chi connectivity index (χ3n) is 4.34. The van der Waals surface area contributed by atoms with Crippen LogP contribution in [0.3, 0.4) is 0 Å². The number of carbonyl (C=O) groups excluding carboxylic acids is 1. The molecule has 2 aliphatic rings. The summed E-state index contributed by atoms with van der Waals surface area (Å²) in [6.45, 7) is 6.20.